The smallest absolute Gasteiger partial charge is 0.326 e. The normalized spacial score (nSPS) is 11.8. The van der Waals surface area contributed by atoms with Crippen molar-refractivity contribution in [2.75, 3.05) is 13.2 Å². The van der Waals surface area contributed by atoms with Crippen LogP contribution in [-0.2, 0) is 9.59 Å². The molecule has 0 aliphatic rings. The van der Waals surface area contributed by atoms with Gasteiger partial charge in [-0.3, -0.25) is 4.79 Å². The third-order valence-corrected chi connectivity index (χ3v) is 2.98. The van der Waals surface area contributed by atoms with Crippen LogP contribution in [0.4, 0.5) is 0 Å². The zero-order chi connectivity index (χ0) is 15.8. The van der Waals surface area contributed by atoms with Crippen molar-refractivity contribution in [2.45, 2.75) is 32.7 Å². The lowest BCUT2D eigenvalue weighted by Crippen LogP contribution is -2.41. The summed E-state index contributed by atoms with van der Waals surface area (Å²) >= 11 is 0. The third kappa shape index (κ3) is 5.83. The van der Waals surface area contributed by atoms with E-state index in [1.54, 1.807) is 0 Å². The monoisotopic (exact) mass is 295 g/mol. The largest absolute Gasteiger partial charge is 0.493 e. The van der Waals surface area contributed by atoms with Crippen molar-refractivity contribution in [2.24, 2.45) is 0 Å². The molecule has 0 saturated carbocycles. The van der Waals surface area contributed by atoms with Crippen LogP contribution in [0.15, 0.2) is 18.2 Å². The van der Waals surface area contributed by atoms with Crippen molar-refractivity contribution in [1.29, 1.82) is 0 Å². The van der Waals surface area contributed by atoms with Crippen LogP contribution in [-0.4, -0.2) is 41.3 Å². The Morgan fingerprint density at radius 1 is 1.33 bits per heavy atom. The van der Waals surface area contributed by atoms with Gasteiger partial charge in [0, 0.05) is 13.0 Å². The van der Waals surface area contributed by atoms with Crippen molar-refractivity contribution >= 4 is 11.9 Å². The lowest BCUT2D eigenvalue weighted by atomic mass is 10.1. The third-order valence-electron chi connectivity index (χ3n) is 2.98. The lowest BCUT2D eigenvalue weighted by molar-refractivity contribution is -0.142. The van der Waals surface area contributed by atoms with E-state index in [1.165, 1.54) is 0 Å². The summed E-state index contributed by atoms with van der Waals surface area (Å²) in [6.45, 7) is 3.74. The molecule has 1 rings (SSSR count). The zero-order valence-electron chi connectivity index (χ0n) is 12.3. The summed E-state index contributed by atoms with van der Waals surface area (Å²) in [6, 6.07) is 4.73. The maximum atomic E-state index is 11.6. The van der Waals surface area contributed by atoms with E-state index >= 15 is 0 Å². The molecule has 3 N–H and O–H groups in total. The maximum Gasteiger partial charge on any atom is 0.326 e. The quantitative estimate of drug-likeness (QED) is 0.665. The Balaban J connectivity index is 2.42. The van der Waals surface area contributed by atoms with Crippen LogP contribution in [0, 0.1) is 13.8 Å². The van der Waals surface area contributed by atoms with E-state index in [1.807, 2.05) is 32.0 Å². The van der Waals surface area contributed by atoms with Crippen LogP contribution in [0.25, 0.3) is 0 Å². The molecule has 1 atom stereocenters. The van der Waals surface area contributed by atoms with E-state index < -0.39 is 17.9 Å². The van der Waals surface area contributed by atoms with Gasteiger partial charge < -0.3 is 20.3 Å². The first-order valence-electron chi connectivity index (χ1n) is 6.77. The molecule has 6 heteroatoms. The molecule has 1 amide bonds. The molecule has 6 nitrogen and oxygen atoms in total. The Labute approximate surface area is 123 Å². The number of benzene rings is 1. The van der Waals surface area contributed by atoms with Gasteiger partial charge in [0.05, 0.1) is 13.0 Å². The minimum absolute atomic E-state index is 0.0150. The van der Waals surface area contributed by atoms with Gasteiger partial charge in [0.25, 0.3) is 0 Å². The minimum Gasteiger partial charge on any atom is -0.493 e. The Morgan fingerprint density at radius 2 is 2.05 bits per heavy atom. The predicted molar refractivity (Wildman–Crippen MR) is 77.3 cm³/mol. The molecule has 1 aromatic rings. The summed E-state index contributed by atoms with van der Waals surface area (Å²) in [5, 5.41) is 20.0. The maximum absolute atomic E-state index is 11.6. The highest BCUT2D eigenvalue weighted by molar-refractivity contribution is 5.83. The number of carboxylic acids is 1. The Hall–Kier alpha value is -2.08. The SMILES string of the molecule is Cc1ccc(C)c(OCCC(=O)N[C@H](CCO)C(=O)O)c1. The van der Waals surface area contributed by atoms with Gasteiger partial charge in [-0.2, -0.15) is 0 Å². The number of carboxylic acid groups (broad SMARTS) is 1. The fourth-order valence-corrected chi connectivity index (χ4v) is 1.77. The molecule has 0 aliphatic carbocycles. The number of carbonyl (C=O) groups is 2. The Bertz CT molecular complexity index is 501. The number of aliphatic hydroxyl groups is 1. The standard InChI is InChI=1S/C15H21NO5/c1-10-3-4-11(2)13(9-10)21-8-6-14(18)16-12(5-7-17)15(19)20/h3-4,9,12,17H,5-8H2,1-2H3,(H,16,18)(H,19,20)/t12-/m1/s1. The van der Waals surface area contributed by atoms with E-state index in [-0.39, 0.29) is 26.1 Å². The van der Waals surface area contributed by atoms with Crippen molar-refractivity contribution in [3.63, 3.8) is 0 Å². The molecule has 0 heterocycles. The van der Waals surface area contributed by atoms with Crippen LogP contribution < -0.4 is 10.1 Å². The van der Waals surface area contributed by atoms with Gasteiger partial charge in [-0.1, -0.05) is 12.1 Å². The average Bonchev–Trinajstić information content (AvgIpc) is 2.42. The number of ether oxygens (including phenoxy) is 1. The van der Waals surface area contributed by atoms with Crippen molar-refractivity contribution in [3.05, 3.63) is 29.3 Å². The van der Waals surface area contributed by atoms with Crippen molar-refractivity contribution in [1.82, 2.24) is 5.32 Å². The summed E-state index contributed by atoms with van der Waals surface area (Å²) in [5.74, 6) is -0.859. The number of amides is 1. The topological polar surface area (TPSA) is 95.9 Å². The molecule has 0 spiro atoms. The highest BCUT2D eigenvalue weighted by Crippen LogP contribution is 2.19. The Kier molecular flexibility index (Phi) is 6.68. The molecule has 0 bridgehead atoms. The number of rotatable bonds is 8. The summed E-state index contributed by atoms with van der Waals surface area (Å²) < 4.78 is 5.53. The molecule has 0 radical (unpaired) electrons. The summed E-state index contributed by atoms with van der Waals surface area (Å²) in [6.07, 6.45) is 0.0432. The van der Waals surface area contributed by atoms with E-state index in [2.05, 4.69) is 5.32 Å². The van der Waals surface area contributed by atoms with Gasteiger partial charge in [-0.05, 0) is 31.0 Å². The first kappa shape index (κ1) is 17.0. The fraction of sp³-hybridized carbons (Fsp3) is 0.467. The molecule has 1 aromatic carbocycles. The molecular formula is C15H21NO5. The molecule has 21 heavy (non-hydrogen) atoms. The average molecular weight is 295 g/mol. The summed E-state index contributed by atoms with van der Waals surface area (Å²) in [4.78, 5) is 22.5. The van der Waals surface area contributed by atoms with Gasteiger partial charge in [-0.25, -0.2) is 4.79 Å². The van der Waals surface area contributed by atoms with Gasteiger partial charge in [-0.15, -0.1) is 0 Å². The molecule has 116 valence electrons. The van der Waals surface area contributed by atoms with E-state index in [0.29, 0.717) is 5.75 Å². The van der Waals surface area contributed by atoms with Crippen molar-refractivity contribution < 1.29 is 24.5 Å². The first-order valence-corrected chi connectivity index (χ1v) is 6.77. The second-order valence-corrected chi connectivity index (χ2v) is 4.84. The van der Waals surface area contributed by atoms with Gasteiger partial charge in [0.2, 0.25) is 5.91 Å². The minimum atomic E-state index is -1.16. The number of carbonyl (C=O) groups excluding carboxylic acids is 1. The van der Waals surface area contributed by atoms with Crippen LogP contribution in [0.5, 0.6) is 5.75 Å². The van der Waals surface area contributed by atoms with Crippen LogP contribution >= 0.6 is 0 Å². The lowest BCUT2D eigenvalue weighted by Gasteiger charge is -2.14. The van der Waals surface area contributed by atoms with E-state index in [0.717, 1.165) is 11.1 Å². The molecule has 0 saturated heterocycles. The number of aliphatic carboxylic acids is 1. The molecule has 0 fully saturated rings. The van der Waals surface area contributed by atoms with Crippen LogP contribution in [0.3, 0.4) is 0 Å². The molecule has 0 aliphatic heterocycles. The Morgan fingerprint density at radius 3 is 2.67 bits per heavy atom. The number of aliphatic hydroxyl groups excluding tert-OH is 1. The predicted octanol–water partition coefficient (Wildman–Crippen LogP) is 1.02. The van der Waals surface area contributed by atoms with Gasteiger partial charge in [0.1, 0.15) is 11.8 Å². The summed E-state index contributed by atoms with van der Waals surface area (Å²) in [5.41, 5.74) is 2.04. The van der Waals surface area contributed by atoms with E-state index in [4.69, 9.17) is 14.9 Å². The fourth-order valence-electron chi connectivity index (χ4n) is 1.77. The molecule has 0 aromatic heterocycles. The second-order valence-electron chi connectivity index (χ2n) is 4.84. The van der Waals surface area contributed by atoms with E-state index in [9.17, 15) is 9.59 Å². The van der Waals surface area contributed by atoms with Crippen LogP contribution in [0.2, 0.25) is 0 Å². The number of hydrogen-bond acceptors (Lipinski definition) is 4. The molecule has 0 unspecified atom stereocenters. The van der Waals surface area contributed by atoms with Gasteiger partial charge >= 0.3 is 5.97 Å². The highest BCUT2D eigenvalue weighted by atomic mass is 16.5. The van der Waals surface area contributed by atoms with Gasteiger partial charge in [0.15, 0.2) is 0 Å². The summed E-state index contributed by atoms with van der Waals surface area (Å²) in [7, 11) is 0. The zero-order valence-corrected chi connectivity index (χ0v) is 12.3. The molecular weight excluding hydrogens is 274 g/mol. The number of nitrogens with one attached hydrogen (secondary N) is 1. The van der Waals surface area contributed by atoms with Crippen LogP contribution in [0.1, 0.15) is 24.0 Å². The van der Waals surface area contributed by atoms with Crippen molar-refractivity contribution in [3.8, 4) is 5.75 Å². The second kappa shape index (κ2) is 8.26. The number of aryl methyl sites for hydroxylation is 2. The highest BCUT2D eigenvalue weighted by Gasteiger charge is 2.18. The first-order chi connectivity index (χ1) is 9.93. The number of hydrogen-bond donors (Lipinski definition) is 3.